The van der Waals surface area contributed by atoms with Gasteiger partial charge in [-0.2, -0.15) is 5.10 Å². The van der Waals surface area contributed by atoms with Gasteiger partial charge in [-0.25, -0.2) is 4.79 Å². The van der Waals surface area contributed by atoms with Crippen molar-refractivity contribution in [1.29, 1.82) is 0 Å². The van der Waals surface area contributed by atoms with Crippen molar-refractivity contribution >= 4 is 39.6 Å². The van der Waals surface area contributed by atoms with E-state index in [-0.39, 0.29) is 11.5 Å². The molecule has 6 nitrogen and oxygen atoms in total. The molecule has 2 rings (SSSR count). The van der Waals surface area contributed by atoms with Gasteiger partial charge in [0, 0.05) is 29.4 Å². The number of amides is 1. The van der Waals surface area contributed by atoms with Gasteiger partial charge in [0.1, 0.15) is 0 Å². The number of carboxylic acids is 1. The Balaban J connectivity index is 2.10. The summed E-state index contributed by atoms with van der Waals surface area (Å²) in [6, 6.07) is 4.42. The van der Waals surface area contributed by atoms with Gasteiger partial charge in [0.05, 0.1) is 17.4 Å². The van der Waals surface area contributed by atoms with E-state index in [1.165, 1.54) is 18.2 Å². The topological polar surface area (TPSA) is 84.2 Å². The van der Waals surface area contributed by atoms with Gasteiger partial charge in [0.2, 0.25) is 5.91 Å². The van der Waals surface area contributed by atoms with E-state index in [0.29, 0.717) is 10.2 Å². The molecule has 1 heterocycles. The summed E-state index contributed by atoms with van der Waals surface area (Å²) in [6.07, 6.45) is 6.38. The van der Waals surface area contributed by atoms with Crippen molar-refractivity contribution in [2.45, 2.75) is 0 Å². The summed E-state index contributed by atoms with van der Waals surface area (Å²) >= 11 is 3.26. The number of carbonyl (C=O) groups excluding carboxylic acids is 1. The molecule has 1 aromatic carbocycles. The van der Waals surface area contributed by atoms with Gasteiger partial charge in [0.25, 0.3) is 0 Å². The third-order valence-electron chi connectivity index (χ3n) is 2.62. The number of aryl methyl sites for hydroxylation is 1. The lowest BCUT2D eigenvalue weighted by atomic mass is 10.2. The Kier molecular flexibility index (Phi) is 4.54. The van der Waals surface area contributed by atoms with Gasteiger partial charge < -0.3 is 10.4 Å². The number of hydrogen-bond acceptors (Lipinski definition) is 3. The third-order valence-corrected chi connectivity index (χ3v) is 3.31. The average molecular weight is 350 g/mol. The van der Waals surface area contributed by atoms with Crippen LogP contribution >= 0.6 is 15.9 Å². The standard InChI is InChI=1S/C14H12BrN3O3/c1-18-8-9(7-16-18)2-5-13(19)17-12-6-10(14(20)21)3-4-11(12)15/h2-8H,1H3,(H,17,19)(H,20,21)/b5-2+. The number of nitrogens with zero attached hydrogens (tertiary/aromatic N) is 2. The number of carbonyl (C=O) groups is 2. The smallest absolute Gasteiger partial charge is 0.335 e. The van der Waals surface area contributed by atoms with E-state index in [4.69, 9.17) is 5.11 Å². The summed E-state index contributed by atoms with van der Waals surface area (Å²) in [4.78, 5) is 22.7. The number of benzene rings is 1. The Morgan fingerprint density at radius 3 is 2.81 bits per heavy atom. The molecule has 0 aliphatic rings. The molecule has 2 aromatic rings. The van der Waals surface area contributed by atoms with E-state index in [1.807, 2.05) is 0 Å². The quantitative estimate of drug-likeness (QED) is 0.830. The highest BCUT2D eigenvalue weighted by Crippen LogP contribution is 2.23. The molecule has 0 unspecified atom stereocenters. The summed E-state index contributed by atoms with van der Waals surface area (Å²) in [5, 5.41) is 15.5. The van der Waals surface area contributed by atoms with Crippen LogP contribution in [0.3, 0.4) is 0 Å². The molecule has 1 aromatic heterocycles. The van der Waals surface area contributed by atoms with Crippen LogP contribution in [0.15, 0.2) is 41.1 Å². The number of hydrogen-bond donors (Lipinski definition) is 2. The Hall–Kier alpha value is -2.41. The maximum Gasteiger partial charge on any atom is 0.335 e. The molecule has 0 saturated heterocycles. The fraction of sp³-hybridized carbons (Fsp3) is 0.0714. The summed E-state index contributed by atoms with van der Waals surface area (Å²) < 4.78 is 2.24. The monoisotopic (exact) mass is 349 g/mol. The Labute approximate surface area is 129 Å². The van der Waals surface area contributed by atoms with E-state index in [9.17, 15) is 9.59 Å². The molecular weight excluding hydrogens is 338 g/mol. The molecule has 0 radical (unpaired) electrons. The first-order valence-corrected chi connectivity index (χ1v) is 6.75. The summed E-state index contributed by atoms with van der Waals surface area (Å²) in [5.74, 6) is -1.41. The second-order valence-corrected chi connectivity index (χ2v) is 5.12. The Bertz CT molecular complexity index is 722. The molecule has 108 valence electrons. The third kappa shape index (κ3) is 4.03. The van der Waals surface area contributed by atoms with Gasteiger partial charge in [-0.1, -0.05) is 0 Å². The van der Waals surface area contributed by atoms with E-state index >= 15 is 0 Å². The van der Waals surface area contributed by atoms with E-state index < -0.39 is 5.97 Å². The van der Waals surface area contributed by atoms with Crippen LogP contribution < -0.4 is 5.32 Å². The molecule has 0 aliphatic carbocycles. The average Bonchev–Trinajstić information content (AvgIpc) is 2.84. The van der Waals surface area contributed by atoms with E-state index in [2.05, 4.69) is 26.3 Å². The zero-order chi connectivity index (χ0) is 15.4. The van der Waals surface area contributed by atoms with Crippen LogP contribution in [0.4, 0.5) is 5.69 Å². The zero-order valence-electron chi connectivity index (χ0n) is 11.1. The highest BCUT2D eigenvalue weighted by atomic mass is 79.9. The predicted molar refractivity (Wildman–Crippen MR) is 82.0 cm³/mol. The first-order valence-electron chi connectivity index (χ1n) is 5.96. The molecule has 0 spiro atoms. The SMILES string of the molecule is Cn1cc(/C=C/C(=O)Nc2cc(C(=O)O)ccc2Br)cn1. The fourth-order valence-corrected chi connectivity index (χ4v) is 1.97. The molecule has 21 heavy (non-hydrogen) atoms. The summed E-state index contributed by atoms with van der Waals surface area (Å²) in [6.45, 7) is 0. The second-order valence-electron chi connectivity index (χ2n) is 4.27. The molecule has 0 saturated carbocycles. The van der Waals surface area contributed by atoms with Crippen molar-refractivity contribution in [2.24, 2.45) is 7.05 Å². The van der Waals surface area contributed by atoms with Crippen molar-refractivity contribution in [3.63, 3.8) is 0 Å². The molecule has 1 amide bonds. The molecular formula is C14H12BrN3O3. The first kappa shape index (κ1) is 15.0. The molecule has 0 fully saturated rings. The number of aromatic nitrogens is 2. The van der Waals surface area contributed by atoms with Crippen LogP contribution in [0, 0.1) is 0 Å². The maximum absolute atomic E-state index is 11.8. The molecule has 7 heteroatoms. The van der Waals surface area contributed by atoms with Gasteiger partial charge in [-0.3, -0.25) is 9.48 Å². The van der Waals surface area contributed by atoms with Crippen LogP contribution in [0.5, 0.6) is 0 Å². The van der Waals surface area contributed by atoms with Crippen molar-refractivity contribution in [3.8, 4) is 0 Å². The minimum absolute atomic E-state index is 0.102. The lowest BCUT2D eigenvalue weighted by Gasteiger charge is -2.06. The zero-order valence-corrected chi connectivity index (χ0v) is 12.7. The van der Waals surface area contributed by atoms with Crippen molar-refractivity contribution in [3.05, 3.63) is 52.3 Å². The largest absolute Gasteiger partial charge is 0.478 e. The molecule has 0 atom stereocenters. The predicted octanol–water partition coefficient (Wildman–Crippen LogP) is 2.53. The van der Waals surface area contributed by atoms with E-state index in [0.717, 1.165) is 5.56 Å². The van der Waals surface area contributed by atoms with Crippen molar-refractivity contribution in [1.82, 2.24) is 9.78 Å². The maximum atomic E-state index is 11.8. The van der Waals surface area contributed by atoms with E-state index in [1.54, 1.807) is 36.3 Å². The number of anilines is 1. The number of carboxylic acid groups (broad SMARTS) is 1. The molecule has 2 N–H and O–H groups in total. The lowest BCUT2D eigenvalue weighted by molar-refractivity contribution is -0.111. The van der Waals surface area contributed by atoms with Gasteiger partial charge >= 0.3 is 5.97 Å². The normalized spacial score (nSPS) is 10.8. The van der Waals surface area contributed by atoms with Crippen molar-refractivity contribution in [2.75, 3.05) is 5.32 Å². The highest BCUT2D eigenvalue weighted by Gasteiger charge is 2.08. The van der Waals surface area contributed by atoms with Crippen LogP contribution in [0.25, 0.3) is 6.08 Å². The van der Waals surface area contributed by atoms with Crippen LogP contribution in [-0.2, 0) is 11.8 Å². The number of aromatic carboxylic acids is 1. The number of nitrogens with one attached hydrogen (secondary N) is 1. The molecule has 0 aliphatic heterocycles. The Morgan fingerprint density at radius 2 is 2.19 bits per heavy atom. The van der Waals surface area contributed by atoms with Crippen LogP contribution in [0.2, 0.25) is 0 Å². The van der Waals surface area contributed by atoms with Gasteiger partial charge in [-0.05, 0) is 40.2 Å². The minimum Gasteiger partial charge on any atom is -0.478 e. The summed E-state index contributed by atoms with van der Waals surface area (Å²) in [5.41, 5.74) is 1.30. The Morgan fingerprint density at radius 1 is 1.43 bits per heavy atom. The number of rotatable bonds is 4. The summed E-state index contributed by atoms with van der Waals surface area (Å²) in [7, 11) is 1.78. The van der Waals surface area contributed by atoms with Crippen molar-refractivity contribution < 1.29 is 14.7 Å². The molecule has 0 bridgehead atoms. The van der Waals surface area contributed by atoms with Crippen LogP contribution in [-0.4, -0.2) is 26.8 Å². The fourth-order valence-electron chi connectivity index (χ4n) is 1.63. The minimum atomic E-state index is -1.05. The van der Waals surface area contributed by atoms with Crippen LogP contribution in [0.1, 0.15) is 15.9 Å². The van der Waals surface area contributed by atoms with Gasteiger partial charge in [-0.15, -0.1) is 0 Å². The van der Waals surface area contributed by atoms with Gasteiger partial charge in [0.15, 0.2) is 0 Å². The highest BCUT2D eigenvalue weighted by molar-refractivity contribution is 9.10. The lowest BCUT2D eigenvalue weighted by Crippen LogP contribution is -2.09. The second kappa shape index (κ2) is 6.36. The first-order chi connectivity index (χ1) is 9.95. The number of halogens is 1.